The second-order valence-electron chi connectivity index (χ2n) is 7.24. The molecule has 8 heteroatoms. The van der Waals surface area contributed by atoms with Crippen molar-refractivity contribution >= 4 is 27.5 Å². The van der Waals surface area contributed by atoms with Gasteiger partial charge in [0.1, 0.15) is 12.4 Å². The molecule has 0 saturated carbocycles. The van der Waals surface area contributed by atoms with Gasteiger partial charge in [-0.1, -0.05) is 24.3 Å². The molecule has 0 unspecified atom stereocenters. The number of ether oxygens (including phenoxy) is 1. The van der Waals surface area contributed by atoms with Crippen molar-refractivity contribution in [3.8, 4) is 16.9 Å². The van der Waals surface area contributed by atoms with Crippen LogP contribution in [-0.4, -0.2) is 16.1 Å². The van der Waals surface area contributed by atoms with Crippen molar-refractivity contribution in [1.29, 1.82) is 0 Å². The Hall–Kier alpha value is -3.39. The molecule has 0 radical (unpaired) electrons. The number of halogens is 3. The van der Waals surface area contributed by atoms with Crippen LogP contribution < -0.4 is 4.74 Å². The fourth-order valence-electron chi connectivity index (χ4n) is 3.31. The summed E-state index contributed by atoms with van der Waals surface area (Å²) in [6, 6.07) is 16.2. The van der Waals surface area contributed by atoms with E-state index < -0.39 is 17.7 Å². The van der Waals surface area contributed by atoms with Crippen LogP contribution in [0.3, 0.4) is 0 Å². The lowest BCUT2D eigenvalue weighted by atomic mass is 9.99. The molecule has 4 rings (SSSR count). The summed E-state index contributed by atoms with van der Waals surface area (Å²) in [7, 11) is 0. The second-order valence-corrected chi connectivity index (χ2v) is 8.13. The van der Waals surface area contributed by atoms with E-state index in [4.69, 9.17) is 9.84 Å². The molecule has 164 valence electrons. The molecule has 0 aliphatic carbocycles. The van der Waals surface area contributed by atoms with Gasteiger partial charge in [-0.15, -0.1) is 11.3 Å². The number of alkyl halides is 3. The van der Waals surface area contributed by atoms with Gasteiger partial charge in [0.05, 0.1) is 21.3 Å². The largest absolute Gasteiger partial charge is 0.488 e. The molecule has 0 aliphatic rings. The number of aryl methyl sites for hydroxylation is 1. The third-order valence-electron chi connectivity index (χ3n) is 4.99. The van der Waals surface area contributed by atoms with E-state index >= 15 is 0 Å². The third kappa shape index (κ3) is 5.08. The van der Waals surface area contributed by atoms with Crippen LogP contribution in [0.2, 0.25) is 0 Å². The summed E-state index contributed by atoms with van der Waals surface area (Å²) in [5.74, 6) is -0.312. The van der Waals surface area contributed by atoms with E-state index in [9.17, 15) is 18.0 Å². The van der Waals surface area contributed by atoms with Crippen LogP contribution >= 0.6 is 11.3 Å². The van der Waals surface area contributed by atoms with Crippen molar-refractivity contribution in [2.75, 3.05) is 0 Å². The van der Waals surface area contributed by atoms with Crippen molar-refractivity contribution in [3.05, 3.63) is 82.9 Å². The zero-order chi connectivity index (χ0) is 22.7. The molecule has 4 nitrogen and oxygen atoms in total. The van der Waals surface area contributed by atoms with E-state index in [0.717, 1.165) is 39.0 Å². The molecule has 0 spiro atoms. The maximum atomic E-state index is 12.8. The van der Waals surface area contributed by atoms with Gasteiger partial charge in [0.2, 0.25) is 0 Å². The van der Waals surface area contributed by atoms with Crippen molar-refractivity contribution in [1.82, 2.24) is 4.98 Å². The first-order chi connectivity index (χ1) is 15.3. The summed E-state index contributed by atoms with van der Waals surface area (Å²) in [6.07, 6.45) is -3.99. The third-order valence-corrected chi connectivity index (χ3v) is 5.78. The van der Waals surface area contributed by atoms with E-state index in [1.165, 1.54) is 23.5 Å². The van der Waals surface area contributed by atoms with E-state index in [0.29, 0.717) is 17.7 Å². The molecule has 0 saturated heterocycles. The highest BCUT2D eigenvalue weighted by molar-refractivity contribution is 7.16. The van der Waals surface area contributed by atoms with Gasteiger partial charge < -0.3 is 9.84 Å². The molecule has 4 aromatic rings. The predicted octanol–water partition coefficient (Wildman–Crippen LogP) is 6.58. The Morgan fingerprint density at radius 3 is 2.47 bits per heavy atom. The Bertz CT molecular complexity index is 1250. The fourth-order valence-corrected chi connectivity index (χ4v) is 4.03. The maximum Gasteiger partial charge on any atom is 0.416 e. The number of fused-ring (bicyclic) bond motifs is 1. The van der Waals surface area contributed by atoms with E-state index in [2.05, 4.69) is 4.98 Å². The summed E-state index contributed by atoms with van der Waals surface area (Å²) < 4.78 is 45.3. The monoisotopic (exact) mass is 457 g/mol. The molecule has 0 aliphatic heterocycles. The SMILES string of the molecule is O=C(O)CCc1ccc(OCc2ccc(C(F)(F)F)cc2)c(-c2ccc3ncsc3c2)c1. The Morgan fingerprint density at radius 2 is 1.75 bits per heavy atom. The normalized spacial score (nSPS) is 11.6. The minimum Gasteiger partial charge on any atom is -0.488 e. The van der Waals surface area contributed by atoms with Crippen LogP contribution in [0.1, 0.15) is 23.1 Å². The number of aliphatic carboxylic acids is 1. The predicted molar refractivity (Wildman–Crippen MR) is 117 cm³/mol. The van der Waals surface area contributed by atoms with Crippen LogP contribution in [0.5, 0.6) is 5.75 Å². The van der Waals surface area contributed by atoms with Crippen molar-refractivity contribution in [2.45, 2.75) is 25.6 Å². The summed E-state index contributed by atoms with van der Waals surface area (Å²) in [4.78, 5) is 15.2. The van der Waals surface area contributed by atoms with Gasteiger partial charge in [0.15, 0.2) is 0 Å². The van der Waals surface area contributed by atoms with Gasteiger partial charge in [-0.05, 0) is 59.5 Å². The van der Waals surface area contributed by atoms with Gasteiger partial charge >= 0.3 is 12.1 Å². The molecule has 0 bridgehead atoms. The van der Waals surface area contributed by atoms with Crippen molar-refractivity contribution in [2.24, 2.45) is 0 Å². The van der Waals surface area contributed by atoms with Crippen LogP contribution in [0.25, 0.3) is 21.3 Å². The van der Waals surface area contributed by atoms with Gasteiger partial charge in [-0.2, -0.15) is 13.2 Å². The summed E-state index contributed by atoms with van der Waals surface area (Å²) in [5, 5.41) is 8.99. The molecule has 32 heavy (non-hydrogen) atoms. The fraction of sp³-hybridized carbons (Fsp3) is 0.167. The molecule has 1 aromatic heterocycles. The summed E-state index contributed by atoms with van der Waals surface area (Å²) in [6.45, 7) is 0.0996. The lowest BCUT2D eigenvalue weighted by molar-refractivity contribution is -0.138. The Morgan fingerprint density at radius 1 is 1.00 bits per heavy atom. The topological polar surface area (TPSA) is 59.4 Å². The quantitative estimate of drug-likeness (QED) is 0.341. The first kappa shape index (κ1) is 21.8. The van der Waals surface area contributed by atoms with E-state index in [1.807, 2.05) is 24.3 Å². The second kappa shape index (κ2) is 9.00. The lowest BCUT2D eigenvalue weighted by Gasteiger charge is -2.14. The number of rotatable bonds is 7. The molecular weight excluding hydrogens is 439 g/mol. The molecule has 1 heterocycles. The molecule has 3 aromatic carbocycles. The average molecular weight is 457 g/mol. The van der Waals surface area contributed by atoms with Gasteiger partial charge in [-0.25, -0.2) is 4.98 Å². The van der Waals surface area contributed by atoms with Crippen LogP contribution in [0.4, 0.5) is 13.2 Å². The summed E-state index contributed by atoms with van der Waals surface area (Å²) in [5.41, 5.74) is 5.08. The highest BCUT2D eigenvalue weighted by Crippen LogP contribution is 2.35. The van der Waals surface area contributed by atoms with Crippen LogP contribution in [0, 0.1) is 0 Å². The van der Waals surface area contributed by atoms with Gasteiger partial charge in [-0.3, -0.25) is 4.79 Å². The number of hydrogen-bond donors (Lipinski definition) is 1. The van der Waals surface area contributed by atoms with Crippen molar-refractivity contribution < 1.29 is 27.8 Å². The Balaban J connectivity index is 1.62. The molecule has 1 N–H and O–H groups in total. The highest BCUT2D eigenvalue weighted by atomic mass is 32.1. The van der Waals surface area contributed by atoms with Crippen LogP contribution in [-0.2, 0) is 24.0 Å². The Kier molecular flexibility index (Phi) is 6.14. The average Bonchev–Trinajstić information content (AvgIpc) is 3.24. The first-order valence-electron chi connectivity index (χ1n) is 9.77. The highest BCUT2D eigenvalue weighted by Gasteiger charge is 2.29. The van der Waals surface area contributed by atoms with E-state index in [1.54, 1.807) is 17.6 Å². The van der Waals surface area contributed by atoms with Gasteiger partial charge in [0.25, 0.3) is 0 Å². The van der Waals surface area contributed by atoms with Gasteiger partial charge in [0, 0.05) is 12.0 Å². The van der Waals surface area contributed by atoms with Crippen molar-refractivity contribution in [3.63, 3.8) is 0 Å². The smallest absolute Gasteiger partial charge is 0.416 e. The molecular formula is C24H18F3NO3S. The number of carbonyl (C=O) groups is 1. The number of aromatic nitrogens is 1. The standard InChI is InChI=1S/C24H18F3NO3S/c25-24(26,27)18-6-1-16(2-7-18)13-31-21-9-3-15(4-10-23(29)30)11-19(21)17-5-8-20-22(12-17)32-14-28-20/h1-3,5-9,11-12,14H,4,10,13H2,(H,29,30). The number of benzene rings is 3. The molecule has 0 fully saturated rings. The number of nitrogens with zero attached hydrogens (tertiary/aromatic N) is 1. The first-order valence-corrected chi connectivity index (χ1v) is 10.6. The minimum atomic E-state index is -4.38. The lowest BCUT2D eigenvalue weighted by Crippen LogP contribution is -2.05. The number of carboxylic acid groups (broad SMARTS) is 1. The maximum absolute atomic E-state index is 12.8. The van der Waals surface area contributed by atoms with E-state index in [-0.39, 0.29) is 13.0 Å². The zero-order valence-electron chi connectivity index (χ0n) is 16.7. The van der Waals surface area contributed by atoms with Crippen LogP contribution in [0.15, 0.2) is 66.2 Å². The number of carboxylic acids is 1. The zero-order valence-corrected chi connectivity index (χ0v) is 17.5. The molecule has 0 atom stereocenters. The number of thiazole rings is 1. The number of hydrogen-bond acceptors (Lipinski definition) is 4. The Labute approximate surface area is 185 Å². The molecule has 0 amide bonds. The minimum absolute atomic E-state index is 0.0130. The summed E-state index contributed by atoms with van der Waals surface area (Å²) >= 11 is 1.51.